The predicted molar refractivity (Wildman–Crippen MR) is 105 cm³/mol. The molecule has 26 heavy (non-hydrogen) atoms. The molecule has 0 aromatic heterocycles. The van der Waals surface area contributed by atoms with Crippen molar-refractivity contribution >= 4 is 22.9 Å². The quantitative estimate of drug-likeness (QED) is 0.630. The highest BCUT2D eigenvalue weighted by molar-refractivity contribution is 6.35. The number of aliphatic hydroxyl groups is 1. The van der Waals surface area contributed by atoms with Gasteiger partial charge < -0.3 is 5.11 Å². The van der Waals surface area contributed by atoms with Crippen LogP contribution in [0, 0.1) is 0 Å². The summed E-state index contributed by atoms with van der Waals surface area (Å²) in [6.45, 7) is 1.76. The Hall–Kier alpha value is -3.46. The van der Waals surface area contributed by atoms with Crippen molar-refractivity contribution in [2.45, 2.75) is 6.92 Å². The number of aliphatic imine (C=N–C) groups is 1. The van der Waals surface area contributed by atoms with Crippen LogP contribution in [0.1, 0.15) is 22.8 Å². The maximum Gasteiger partial charge on any atom is 0.199 e. The minimum Gasteiger partial charge on any atom is -0.506 e. The van der Waals surface area contributed by atoms with Crippen LogP contribution in [0.2, 0.25) is 0 Å². The van der Waals surface area contributed by atoms with Gasteiger partial charge in [0, 0.05) is 16.7 Å². The molecule has 3 nitrogen and oxygen atoms in total. The minimum atomic E-state index is -0.184. The third-order valence-electron chi connectivity index (χ3n) is 4.53. The molecule has 4 rings (SSSR count). The number of para-hydroxylation sites is 1. The number of carbonyl (C=O) groups excluding carboxylic acids is 1. The van der Waals surface area contributed by atoms with Gasteiger partial charge >= 0.3 is 0 Å². The largest absolute Gasteiger partial charge is 0.506 e. The molecule has 0 fully saturated rings. The van der Waals surface area contributed by atoms with Gasteiger partial charge in [-0.05, 0) is 18.6 Å². The van der Waals surface area contributed by atoms with E-state index in [2.05, 4.69) is 4.99 Å². The third kappa shape index (κ3) is 2.64. The maximum absolute atomic E-state index is 12.7. The van der Waals surface area contributed by atoms with E-state index in [1.54, 1.807) is 25.1 Å². The van der Waals surface area contributed by atoms with Crippen molar-refractivity contribution in [2.75, 3.05) is 0 Å². The standard InChI is InChI=1S/C23H17NO2/c1-15(21-22(25)18-12-5-6-13-19(18)23(21)26)24-20-14-8-7-11-17(20)16-9-3-2-4-10-16/h2-14,25H,1H3. The van der Waals surface area contributed by atoms with Gasteiger partial charge in [0.1, 0.15) is 5.76 Å². The number of nitrogens with zero attached hydrogens (tertiary/aromatic N) is 1. The zero-order valence-electron chi connectivity index (χ0n) is 14.3. The lowest BCUT2D eigenvalue weighted by Gasteiger charge is -2.08. The molecule has 126 valence electrons. The van der Waals surface area contributed by atoms with Crippen LogP contribution in [0.25, 0.3) is 16.9 Å². The van der Waals surface area contributed by atoms with Crippen molar-refractivity contribution in [3.63, 3.8) is 0 Å². The zero-order chi connectivity index (χ0) is 18.1. The first-order valence-electron chi connectivity index (χ1n) is 8.44. The summed E-state index contributed by atoms with van der Waals surface area (Å²) in [6, 6.07) is 24.9. The Morgan fingerprint density at radius 2 is 1.35 bits per heavy atom. The normalized spacial score (nSPS) is 13.9. The molecule has 0 atom stereocenters. The number of hydrogen-bond donors (Lipinski definition) is 1. The van der Waals surface area contributed by atoms with Crippen LogP contribution in [-0.4, -0.2) is 16.6 Å². The van der Waals surface area contributed by atoms with Gasteiger partial charge in [-0.15, -0.1) is 0 Å². The highest BCUT2D eigenvalue weighted by Crippen LogP contribution is 2.34. The van der Waals surface area contributed by atoms with Crippen LogP contribution in [-0.2, 0) is 0 Å². The first-order chi connectivity index (χ1) is 12.7. The van der Waals surface area contributed by atoms with Gasteiger partial charge in [0.15, 0.2) is 5.78 Å². The molecule has 3 aromatic carbocycles. The Morgan fingerprint density at radius 3 is 2.04 bits per heavy atom. The molecule has 0 heterocycles. The lowest BCUT2D eigenvalue weighted by atomic mass is 10.0. The van der Waals surface area contributed by atoms with Crippen LogP contribution in [0.15, 0.2) is 89.4 Å². The number of aliphatic hydroxyl groups excluding tert-OH is 1. The molecule has 1 N–H and O–H groups in total. The Balaban J connectivity index is 1.80. The first kappa shape index (κ1) is 16.0. The topological polar surface area (TPSA) is 49.7 Å². The molecule has 1 aliphatic carbocycles. The summed E-state index contributed by atoms with van der Waals surface area (Å²) < 4.78 is 0. The number of hydrogen-bond acceptors (Lipinski definition) is 3. The van der Waals surface area contributed by atoms with Crippen molar-refractivity contribution in [1.29, 1.82) is 0 Å². The number of fused-ring (bicyclic) bond motifs is 1. The Kier molecular flexibility index (Phi) is 3.98. The molecule has 1 aliphatic rings. The van der Waals surface area contributed by atoms with Crippen LogP contribution in [0.5, 0.6) is 0 Å². The van der Waals surface area contributed by atoms with E-state index < -0.39 is 0 Å². The summed E-state index contributed by atoms with van der Waals surface area (Å²) >= 11 is 0. The van der Waals surface area contributed by atoms with E-state index in [1.165, 1.54) is 0 Å². The minimum absolute atomic E-state index is 0.00374. The molecule has 3 heteroatoms. The molecule has 0 saturated carbocycles. The summed E-state index contributed by atoms with van der Waals surface area (Å²) in [5.41, 5.74) is 4.67. The number of Topliss-reactive ketones (excluding diaryl/α,β-unsaturated/α-hetero) is 1. The molecule has 0 aliphatic heterocycles. The summed E-state index contributed by atoms with van der Waals surface area (Å²) in [4.78, 5) is 17.4. The van der Waals surface area contributed by atoms with Crippen molar-refractivity contribution in [3.8, 4) is 11.1 Å². The van der Waals surface area contributed by atoms with Gasteiger partial charge in [0.25, 0.3) is 0 Å². The van der Waals surface area contributed by atoms with E-state index in [0.717, 1.165) is 16.8 Å². The van der Waals surface area contributed by atoms with E-state index in [4.69, 9.17) is 0 Å². The van der Waals surface area contributed by atoms with Gasteiger partial charge in [-0.3, -0.25) is 9.79 Å². The fourth-order valence-corrected chi connectivity index (χ4v) is 3.27. The Morgan fingerprint density at radius 1 is 0.769 bits per heavy atom. The van der Waals surface area contributed by atoms with Gasteiger partial charge in [-0.2, -0.15) is 0 Å². The average Bonchev–Trinajstić information content (AvgIpc) is 2.94. The van der Waals surface area contributed by atoms with Crippen molar-refractivity contribution in [1.82, 2.24) is 0 Å². The Bertz CT molecular complexity index is 1060. The number of benzene rings is 3. The summed E-state index contributed by atoms with van der Waals surface area (Å²) in [5.74, 6) is -0.180. The van der Waals surface area contributed by atoms with Crippen LogP contribution in [0.3, 0.4) is 0 Å². The molecule has 0 spiro atoms. The second-order valence-corrected chi connectivity index (χ2v) is 6.18. The van der Waals surface area contributed by atoms with Gasteiger partial charge in [0.05, 0.1) is 17.0 Å². The van der Waals surface area contributed by atoms with Gasteiger partial charge in [-0.1, -0.05) is 72.8 Å². The van der Waals surface area contributed by atoms with E-state index in [-0.39, 0.29) is 17.1 Å². The second kappa shape index (κ2) is 6.45. The Labute approximate surface area is 152 Å². The number of ketones is 1. The SMILES string of the molecule is CC(=Nc1ccccc1-c1ccccc1)C1=C(O)c2ccccc2C1=O. The molecule has 3 aromatic rings. The first-order valence-corrected chi connectivity index (χ1v) is 8.44. The number of carbonyl (C=O) groups is 1. The molecule has 0 saturated heterocycles. The molecule has 0 radical (unpaired) electrons. The van der Waals surface area contributed by atoms with Crippen LogP contribution in [0.4, 0.5) is 5.69 Å². The van der Waals surface area contributed by atoms with E-state index in [9.17, 15) is 9.90 Å². The van der Waals surface area contributed by atoms with Gasteiger partial charge in [0.2, 0.25) is 0 Å². The maximum atomic E-state index is 12.7. The lowest BCUT2D eigenvalue weighted by molar-refractivity contribution is 0.104. The lowest BCUT2D eigenvalue weighted by Crippen LogP contribution is -2.07. The molecular formula is C23H17NO2. The summed E-state index contributed by atoms with van der Waals surface area (Å²) in [6.07, 6.45) is 0. The van der Waals surface area contributed by atoms with E-state index in [1.807, 2.05) is 60.7 Å². The predicted octanol–water partition coefficient (Wildman–Crippen LogP) is 5.61. The highest BCUT2D eigenvalue weighted by Gasteiger charge is 2.30. The van der Waals surface area contributed by atoms with Crippen molar-refractivity contribution in [3.05, 3.63) is 95.6 Å². The monoisotopic (exact) mass is 339 g/mol. The molecule has 0 amide bonds. The van der Waals surface area contributed by atoms with Crippen LogP contribution < -0.4 is 0 Å². The van der Waals surface area contributed by atoms with Crippen molar-refractivity contribution < 1.29 is 9.90 Å². The fraction of sp³-hybridized carbons (Fsp3) is 0.0435. The summed E-state index contributed by atoms with van der Waals surface area (Å²) in [5, 5.41) is 10.5. The molecular weight excluding hydrogens is 322 g/mol. The number of rotatable bonds is 3. The molecule has 0 bridgehead atoms. The highest BCUT2D eigenvalue weighted by atomic mass is 16.3. The smallest absolute Gasteiger partial charge is 0.199 e. The van der Waals surface area contributed by atoms with Crippen LogP contribution >= 0.6 is 0 Å². The summed E-state index contributed by atoms with van der Waals surface area (Å²) in [7, 11) is 0. The van der Waals surface area contributed by atoms with Gasteiger partial charge in [-0.25, -0.2) is 0 Å². The van der Waals surface area contributed by atoms with Crippen molar-refractivity contribution in [2.24, 2.45) is 4.99 Å². The third-order valence-corrected chi connectivity index (χ3v) is 4.53. The van der Waals surface area contributed by atoms with E-state index >= 15 is 0 Å². The fourth-order valence-electron chi connectivity index (χ4n) is 3.27. The molecule has 0 unspecified atom stereocenters. The van der Waals surface area contributed by atoms with E-state index in [0.29, 0.717) is 16.8 Å². The number of allylic oxidation sites excluding steroid dienone is 1. The zero-order valence-corrected chi connectivity index (χ0v) is 14.3. The average molecular weight is 339 g/mol. The second-order valence-electron chi connectivity index (χ2n) is 6.18.